The van der Waals surface area contributed by atoms with Gasteiger partial charge in [-0.05, 0) is 25.7 Å². The van der Waals surface area contributed by atoms with Crippen molar-refractivity contribution in [3.63, 3.8) is 0 Å². The fourth-order valence-corrected chi connectivity index (χ4v) is 2.35. The molecule has 0 saturated heterocycles. The van der Waals surface area contributed by atoms with E-state index in [1.165, 1.54) is 77.0 Å². The molecular weight excluding hydrogens is 216 g/mol. The lowest BCUT2D eigenvalue weighted by atomic mass is 10.0. The number of allylic oxidation sites excluding steroid dienone is 2. The molecule has 0 spiro atoms. The van der Waals surface area contributed by atoms with Crippen LogP contribution in [0.2, 0.25) is 0 Å². The van der Waals surface area contributed by atoms with E-state index in [1.807, 2.05) is 6.08 Å². The molecule has 0 N–H and O–H groups in total. The second-order valence-corrected chi connectivity index (χ2v) is 5.98. The van der Waals surface area contributed by atoms with Crippen molar-refractivity contribution >= 4 is 0 Å². The summed E-state index contributed by atoms with van der Waals surface area (Å²) >= 11 is 0. The summed E-state index contributed by atoms with van der Waals surface area (Å²) in [6.07, 6.45) is 21.1. The highest BCUT2D eigenvalue weighted by Crippen LogP contribution is 2.13. The van der Waals surface area contributed by atoms with Gasteiger partial charge in [-0.2, -0.15) is 0 Å². The van der Waals surface area contributed by atoms with Gasteiger partial charge < -0.3 is 0 Å². The molecule has 0 aromatic rings. The van der Waals surface area contributed by atoms with Crippen molar-refractivity contribution in [1.29, 1.82) is 0 Å². The van der Waals surface area contributed by atoms with Crippen molar-refractivity contribution in [3.8, 4) is 0 Å². The van der Waals surface area contributed by atoms with Crippen LogP contribution in [0.4, 0.5) is 0 Å². The van der Waals surface area contributed by atoms with Crippen molar-refractivity contribution in [2.45, 2.75) is 90.9 Å². The summed E-state index contributed by atoms with van der Waals surface area (Å²) in [5.41, 5.74) is 0. The van der Waals surface area contributed by atoms with Gasteiger partial charge in [0.05, 0.1) is 0 Å². The lowest BCUT2D eigenvalue weighted by Gasteiger charge is -2.04. The van der Waals surface area contributed by atoms with Gasteiger partial charge in [-0.15, -0.1) is 0 Å². The average Bonchev–Trinajstić information content (AvgIpc) is 2.34. The van der Waals surface area contributed by atoms with E-state index in [0.29, 0.717) is 0 Å². The fraction of sp³-hybridized carbons (Fsp3) is 0.833. The summed E-state index contributed by atoms with van der Waals surface area (Å²) in [5.74, 6) is 0.892. The smallest absolute Gasteiger partial charge is 0.0316 e. The van der Waals surface area contributed by atoms with Gasteiger partial charge >= 0.3 is 0 Å². The molecule has 0 aliphatic carbocycles. The van der Waals surface area contributed by atoms with Crippen LogP contribution in [-0.2, 0) is 0 Å². The highest BCUT2D eigenvalue weighted by atomic mass is 14.0. The second-order valence-electron chi connectivity index (χ2n) is 5.98. The van der Waals surface area contributed by atoms with Crippen LogP contribution in [0.1, 0.15) is 90.9 Å². The van der Waals surface area contributed by atoms with Crippen LogP contribution in [0, 0.1) is 12.8 Å². The predicted octanol–water partition coefficient (Wildman–Crippen LogP) is 6.71. The molecule has 0 amide bonds. The van der Waals surface area contributed by atoms with Crippen LogP contribution in [0.15, 0.2) is 12.2 Å². The average molecular weight is 251 g/mol. The van der Waals surface area contributed by atoms with Crippen molar-refractivity contribution in [1.82, 2.24) is 0 Å². The van der Waals surface area contributed by atoms with Gasteiger partial charge in [0.25, 0.3) is 0 Å². The summed E-state index contributed by atoms with van der Waals surface area (Å²) < 4.78 is 0. The lowest BCUT2D eigenvalue weighted by Crippen LogP contribution is -1.87. The minimum absolute atomic E-state index is 0.892. The summed E-state index contributed by atoms with van der Waals surface area (Å²) in [7, 11) is 0. The molecule has 1 radical (unpaired) electrons. The zero-order valence-corrected chi connectivity index (χ0v) is 12.9. The quantitative estimate of drug-likeness (QED) is 0.319. The molecule has 0 heteroatoms. The molecule has 0 aromatic heterocycles. The van der Waals surface area contributed by atoms with Crippen molar-refractivity contribution in [2.75, 3.05) is 0 Å². The Bertz CT molecular complexity index is 167. The Labute approximate surface area is 116 Å². The number of unbranched alkanes of at least 4 members (excludes halogenated alkanes) is 10. The minimum Gasteiger partial charge on any atom is -0.0885 e. The molecule has 0 unspecified atom stereocenters. The Hall–Kier alpha value is -0.260. The lowest BCUT2D eigenvalue weighted by molar-refractivity contribution is 0.505. The van der Waals surface area contributed by atoms with E-state index in [1.54, 1.807) is 0 Å². The molecular formula is C18H35. The van der Waals surface area contributed by atoms with Crippen LogP contribution in [0.3, 0.4) is 0 Å². The monoisotopic (exact) mass is 251 g/mol. The normalized spacial score (nSPS) is 11.8. The van der Waals surface area contributed by atoms with Crippen molar-refractivity contribution < 1.29 is 0 Å². The number of hydrogen-bond acceptors (Lipinski definition) is 0. The van der Waals surface area contributed by atoms with E-state index in [0.717, 1.165) is 5.92 Å². The predicted molar refractivity (Wildman–Crippen MR) is 84.7 cm³/mol. The molecule has 0 bridgehead atoms. The molecule has 18 heavy (non-hydrogen) atoms. The van der Waals surface area contributed by atoms with Crippen molar-refractivity contribution in [2.24, 2.45) is 5.92 Å². The van der Waals surface area contributed by atoms with Crippen LogP contribution < -0.4 is 0 Å². The largest absolute Gasteiger partial charge is 0.0885 e. The Morgan fingerprint density at radius 2 is 1.17 bits per heavy atom. The summed E-state index contributed by atoms with van der Waals surface area (Å²) in [5, 5.41) is 0. The molecule has 0 heterocycles. The van der Waals surface area contributed by atoms with Crippen LogP contribution in [-0.4, -0.2) is 0 Å². The third-order valence-electron chi connectivity index (χ3n) is 3.57. The number of rotatable bonds is 13. The van der Waals surface area contributed by atoms with Gasteiger partial charge in [0.15, 0.2) is 0 Å². The van der Waals surface area contributed by atoms with Crippen LogP contribution in [0.5, 0.6) is 0 Å². The van der Waals surface area contributed by atoms with E-state index in [-0.39, 0.29) is 0 Å². The minimum atomic E-state index is 0.892. The Balaban J connectivity index is 2.94. The van der Waals surface area contributed by atoms with Gasteiger partial charge in [-0.1, -0.05) is 90.2 Å². The fourth-order valence-electron chi connectivity index (χ4n) is 2.35. The standard InChI is InChI=1S/C18H35/c1-4-5-6-7-8-9-10-11-12-13-14-15-16-17-18(2)3/h4-5,18H,1,6-17H2,2-3H3. The summed E-state index contributed by atoms with van der Waals surface area (Å²) in [6, 6.07) is 0. The Kier molecular flexibility index (Phi) is 14.6. The highest BCUT2D eigenvalue weighted by molar-refractivity contribution is 4.83. The first-order valence-electron chi connectivity index (χ1n) is 8.21. The van der Waals surface area contributed by atoms with E-state index in [2.05, 4.69) is 26.8 Å². The first-order valence-corrected chi connectivity index (χ1v) is 8.21. The van der Waals surface area contributed by atoms with Crippen LogP contribution >= 0.6 is 0 Å². The third kappa shape index (κ3) is 15.7. The molecule has 0 rings (SSSR count). The number of hydrogen-bond donors (Lipinski definition) is 0. The van der Waals surface area contributed by atoms with E-state index >= 15 is 0 Å². The van der Waals surface area contributed by atoms with E-state index in [4.69, 9.17) is 0 Å². The first kappa shape index (κ1) is 17.7. The molecule has 0 aliphatic heterocycles. The maximum Gasteiger partial charge on any atom is -0.0316 e. The summed E-state index contributed by atoms with van der Waals surface area (Å²) in [6.45, 7) is 8.36. The van der Waals surface area contributed by atoms with Gasteiger partial charge in [0.1, 0.15) is 0 Å². The van der Waals surface area contributed by atoms with Crippen molar-refractivity contribution in [3.05, 3.63) is 19.1 Å². The van der Waals surface area contributed by atoms with E-state index in [9.17, 15) is 0 Å². The SMILES string of the molecule is [CH2]C=CCCCCCCCCCCCCC(C)C. The molecule has 0 saturated carbocycles. The molecule has 0 atom stereocenters. The molecule has 0 nitrogen and oxygen atoms in total. The van der Waals surface area contributed by atoms with Gasteiger partial charge in [-0.3, -0.25) is 0 Å². The maximum absolute atomic E-state index is 3.70. The zero-order valence-electron chi connectivity index (χ0n) is 12.9. The van der Waals surface area contributed by atoms with Gasteiger partial charge in [-0.25, -0.2) is 0 Å². The highest BCUT2D eigenvalue weighted by Gasteiger charge is 1.95. The molecule has 0 aliphatic rings. The molecule has 0 fully saturated rings. The van der Waals surface area contributed by atoms with Gasteiger partial charge in [0.2, 0.25) is 0 Å². The zero-order chi connectivity index (χ0) is 13.5. The molecule has 107 valence electrons. The van der Waals surface area contributed by atoms with Gasteiger partial charge in [0, 0.05) is 0 Å². The Morgan fingerprint density at radius 1 is 0.722 bits per heavy atom. The maximum atomic E-state index is 3.70. The van der Waals surface area contributed by atoms with E-state index < -0.39 is 0 Å². The second kappa shape index (κ2) is 14.8. The Morgan fingerprint density at radius 3 is 1.61 bits per heavy atom. The summed E-state index contributed by atoms with van der Waals surface area (Å²) in [4.78, 5) is 0. The third-order valence-corrected chi connectivity index (χ3v) is 3.57. The topological polar surface area (TPSA) is 0 Å². The van der Waals surface area contributed by atoms with Crippen LogP contribution in [0.25, 0.3) is 0 Å². The molecule has 0 aromatic carbocycles. The first-order chi connectivity index (χ1) is 8.77.